The van der Waals surface area contributed by atoms with Crippen molar-refractivity contribution in [1.29, 1.82) is 0 Å². The number of carbonyl (C=O) groups excluding carboxylic acids is 1. The molecule has 1 fully saturated rings. The van der Waals surface area contributed by atoms with Gasteiger partial charge in [0.15, 0.2) is 0 Å². The standard InChI is InChI=1S/C14H20ClN3O/c1-10-5-4-6-18(9-10)14(19)11-7-12(15)16-13(8-11)17(2)3/h7-8,10H,4-6,9H2,1-3H3. The molecule has 1 atom stereocenters. The molecule has 1 aromatic rings. The molecule has 0 bridgehead atoms. The predicted molar refractivity (Wildman–Crippen MR) is 77.9 cm³/mol. The molecule has 0 aliphatic carbocycles. The molecule has 1 amide bonds. The lowest BCUT2D eigenvalue weighted by Crippen LogP contribution is -2.39. The smallest absolute Gasteiger partial charge is 0.254 e. The second kappa shape index (κ2) is 5.78. The molecule has 1 unspecified atom stereocenters. The Balaban J connectivity index is 2.23. The van der Waals surface area contributed by atoms with Gasteiger partial charge >= 0.3 is 0 Å². The molecule has 0 saturated carbocycles. The first-order valence-electron chi connectivity index (χ1n) is 6.61. The summed E-state index contributed by atoms with van der Waals surface area (Å²) in [4.78, 5) is 20.5. The van der Waals surface area contributed by atoms with Crippen LogP contribution in [-0.4, -0.2) is 43.0 Å². The third kappa shape index (κ3) is 3.38. The Morgan fingerprint density at radius 1 is 1.47 bits per heavy atom. The number of hydrogen-bond donors (Lipinski definition) is 0. The van der Waals surface area contributed by atoms with Gasteiger partial charge in [-0.1, -0.05) is 18.5 Å². The third-order valence-corrected chi connectivity index (χ3v) is 3.62. The normalized spacial score (nSPS) is 19.4. The van der Waals surface area contributed by atoms with Gasteiger partial charge in [0.2, 0.25) is 0 Å². The molecule has 0 N–H and O–H groups in total. The van der Waals surface area contributed by atoms with E-state index in [0.717, 1.165) is 19.5 Å². The minimum absolute atomic E-state index is 0.0546. The van der Waals surface area contributed by atoms with Crippen LogP contribution in [0.2, 0.25) is 5.15 Å². The molecule has 1 saturated heterocycles. The number of halogens is 1. The fourth-order valence-corrected chi connectivity index (χ4v) is 2.60. The van der Waals surface area contributed by atoms with Crippen molar-refractivity contribution in [2.45, 2.75) is 19.8 Å². The van der Waals surface area contributed by atoms with Crippen molar-refractivity contribution >= 4 is 23.3 Å². The second-order valence-electron chi connectivity index (χ2n) is 5.43. The van der Waals surface area contributed by atoms with E-state index in [1.54, 1.807) is 12.1 Å². The largest absolute Gasteiger partial charge is 0.363 e. The monoisotopic (exact) mass is 281 g/mol. The number of hydrogen-bond acceptors (Lipinski definition) is 3. The molecule has 104 valence electrons. The Kier molecular flexibility index (Phi) is 4.30. The maximum atomic E-state index is 12.5. The number of aromatic nitrogens is 1. The van der Waals surface area contributed by atoms with Crippen molar-refractivity contribution in [3.63, 3.8) is 0 Å². The Bertz CT molecular complexity index is 476. The molecule has 2 heterocycles. The zero-order valence-corrected chi connectivity index (χ0v) is 12.4. The fourth-order valence-electron chi connectivity index (χ4n) is 2.39. The number of carbonyl (C=O) groups is 1. The Morgan fingerprint density at radius 3 is 2.84 bits per heavy atom. The number of pyridine rings is 1. The second-order valence-corrected chi connectivity index (χ2v) is 5.82. The lowest BCUT2D eigenvalue weighted by Gasteiger charge is -2.31. The van der Waals surface area contributed by atoms with Gasteiger partial charge < -0.3 is 9.80 Å². The third-order valence-electron chi connectivity index (χ3n) is 3.43. The molecule has 1 aliphatic rings. The molecular weight excluding hydrogens is 262 g/mol. The lowest BCUT2D eigenvalue weighted by atomic mass is 9.99. The van der Waals surface area contributed by atoms with Crippen LogP contribution in [0, 0.1) is 5.92 Å². The van der Waals surface area contributed by atoms with Crippen LogP contribution in [0.25, 0.3) is 0 Å². The van der Waals surface area contributed by atoms with Crippen molar-refractivity contribution in [3.8, 4) is 0 Å². The van der Waals surface area contributed by atoms with Gasteiger partial charge in [-0.25, -0.2) is 4.98 Å². The van der Waals surface area contributed by atoms with Crippen molar-refractivity contribution < 1.29 is 4.79 Å². The van der Waals surface area contributed by atoms with Crippen LogP contribution in [0.3, 0.4) is 0 Å². The van der Waals surface area contributed by atoms with E-state index in [4.69, 9.17) is 11.6 Å². The molecule has 0 spiro atoms. The molecule has 4 nitrogen and oxygen atoms in total. The van der Waals surface area contributed by atoms with Crippen LogP contribution in [-0.2, 0) is 0 Å². The van der Waals surface area contributed by atoms with Gasteiger partial charge in [-0.15, -0.1) is 0 Å². The van der Waals surface area contributed by atoms with Gasteiger partial charge in [0.05, 0.1) is 0 Å². The van der Waals surface area contributed by atoms with E-state index >= 15 is 0 Å². The van der Waals surface area contributed by atoms with Crippen LogP contribution in [0.15, 0.2) is 12.1 Å². The summed E-state index contributed by atoms with van der Waals surface area (Å²) in [7, 11) is 3.77. The van der Waals surface area contributed by atoms with E-state index in [1.165, 1.54) is 6.42 Å². The number of piperidine rings is 1. The quantitative estimate of drug-likeness (QED) is 0.782. The summed E-state index contributed by atoms with van der Waals surface area (Å²) >= 11 is 6.00. The van der Waals surface area contributed by atoms with E-state index in [2.05, 4.69) is 11.9 Å². The van der Waals surface area contributed by atoms with E-state index in [-0.39, 0.29) is 5.91 Å². The zero-order valence-electron chi connectivity index (χ0n) is 11.7. The van der Waals surface area contributed by atoms with Gasteiger partial charge in [-0.2, -0.15) is 0 Å². The van der Waals surface area contributed by atoms with Crippen molar-refractivity contribution in [2.24, 2.45) is 5.92 Å². The maximum absolute atomic E-state index is 12.5. The highest BCUT2D eigenvalue weighted by atomic mass is 35.5. The van der Waals surface area contributed by atoms with Crippen molar-refractivity contribution in [2.75, 3.05) is 32.1 Å². The summed E-state index contributed by atoms with van der Waals surface area (Å²) in [6.45, 7) is 3.85. The average Bonchev–Trinajstić information content (AvgIpc) is 2.37. The van der Waals surface area contributed by atoms with Gasteiger partial charge in [-0.05, 0) is 30.9 Å². The topological polar surface area (TPSA) is 36.4 Å². The van der Waals surface area contributed by atoms with Gasteiger partial charge in [0.25, 0.3) is 5.91 Å². The van der Waals surface area contributed by atoms with Crippen LogP contribution in [0.5, 0.6) is 0 Å². The molecular formula is C14H20ClN3O. The molecule has 0 aromatic carbocycles. The van der Waals surface area contributed by atoms with Crippen molar-refractivity contribution in [1.82, 2.24) is 9.88 Å². The number of rotatable bonds is 2. The number of likely N-dealkylation sites (tertiary alicyclic amines) is 1. The van der Waals surface area contributed by atoms with Crippen LogP contribution in [0.4, 0.5) is 5.82 Å². The molecule has 1 aliphatic heterocycles. The highest BCUT2D eigenvalue weighted by molar-refractivity contribution is 6.29. The molecule has 19 heavy (non-hydrogen) atoms. The highest BCUT2D eigenvalue weighted by Crippen LogP contribution is 2.21. The molecule has 0 radical (unpaired) electrons. The van der Waals surface area contributed by atoms with E-state index in [0.29, 0.717) is 22.5 Å². The van der Waals surface area contributed by atoms with Crippen LogP contribution in [0.1, 0.15) is 30.1 Å². The number of amides is 1. The first-order valence-corrected chi connectivity index (χ1v) is 6.99. The highest BCUT2D eigenvalue weighted by Gasteiger charge is 2.22. The number of anilines is 1. The summed E-state index contributed by atoms with van der Waals surface area (Å²) in [5, 5.41) is 0.361. The number of nitrogens with zero attached hydrogens (tertiary/aromatic N) is 3. The van der Waals surface area contributed by atoms with Crippen molar-refractivity contribution in [3.05, 3.63) is 22.8 Å². The average molecular weight is 282 g/mol. The van der Waals surface area contributed by atoms with Gasteiger partial charge in [0, 0.05) is 32.7 Å². The zero-order chi connectivity index (χ0) is 14.0. The molecule has 1 aromatic heterocycles. The predicted octanol–water partition coefficient (Wildman–Crippen LogP) is 2.67. The summed E-state index contributed by atoms with van der Waals surface area (Å²) < 4.78 is 0. The lowest BCUT2D eigenvalue weighted by molar-refractivity contribution is 0.0683. The molecule has 2 rings (SSSR count). The summed E-state index contributed by atoms with van der Waals surface area (Å²) in [6, 6.07) is 3.45. The van der Waals surface area contributed by atoms with Crippen LogP contribution < -0.4 is 4.90 Å². The minimum Gasteiger partial charge on any atom is -0.363 e. The first kappa shape index (κ1) is 14.1. The Hall–Kier alpha value is -1.29. The summed E-state index contributed by atoms with van der Waals surface area (Å²) in [5.74, 6) is 1.34. The van der Waals surface area contributed by atoms with Crippen LogP contribution >= 0.6 is 11.6 Å². The Morgan fingerprint density at radius 2 is 2.21 bits per heavy atom. The van der Waals surface area contributed by atoms with E-state index < -0.39 is 0 Å². The first-order chi connectivity index (χ1) is 8.97. The summed E-state index contributed by atoms with van der Waals surface area (Å²) in [5.41, 5.74) is 0.623. The summed E-state index contributed by atoms with van der Waals surface area (Å²) in [6.07, 6.45) is 2.27. The van der Waals surface area contributed by atoms with E-state index in [1.807, 2.05) is 23.9 Å². The van der Waals surface area contributed by atoms with Gasteiger partial charge in [0.1, 0.15) is 11.0 Å². The SMILES string of the molecule is CC1CCCN(C(=O)c2cc(Cl)nc(N(C)C)c2)C1. The van der Waals surface area contributed by atoms with E-state index in [9.17, 15) is 4.79 Å². The van der Waals surface area contributed by atoms with Gasteiger partial charge in [-0.3, -0.25) is 4.79 Å². The molecule has 5 heteroatoms. The Labute approximate surface area is 119 Å². The fraction of sp³-hybridized carbons (Fsp3) is 0.571. The maximum Gasteiger partial charge on any atom is 0.254 e. The minimum atomic E-state index is 0.0546.